The van der Waals surface area contributed by atoms with Crippen LogP contribution < -0.4 is 24.3 Å². The quantitative estimate of drug-likeness (QED) is 0.276. The molecule has 0 bridgehead atoms. The van der Waals surface area contributed by atoms with Gasteiger partial charge < -0.3 is 18.9 Å². The summed E-state index contributed by atoms with van der Waals surface area (Å²) in [6.45, 7) is 2.90. The first-order chi connectivity index (χ1) is 17.1. The smallest absolute Gasteiger partial charge is 0.136 e. The van der Waals surface area contributed by atoms with Crippen molar-refractivity contribution >= 4 is 26.7 Å². The first-order valence-electron chi connectivity index (χ1n) is 11.6. The lowest BCUT2D eigenvalue weighted by Crippen LogP contribution is -2.47. The number of rotatable bonds is 7. The largest absolute Gasteiger partial charge is 0.496 e. The number of benzene rings is 4. The monoisotopic (exact) mass is 533 g/mol. The van der Waals surface area contributed by atoms with Crippen molar-refractivity contribution in [2.24, 2.45) is 0 Å². The Labute approximate surface area is 214 Å². The van der Waals surface area contributed by atoms with E-state index in [9.17, 15) is 0 Å². The maximum atomic E-state index is 6.55. The minimum atomic E-state index is -0.878. The van der Waals surface area contributed by atoms with Crippen LogP contribution in [0.1, 0.15) is 30.0 Å². The van der Waals surface area contributed by atoms with Crippen LogP contribution in [0.3, 0.4) is 0 Å². The number of halogens is 1. The van der Waals surface area contributed by atoms with E-state index in [1.807, 2.05) is 42.5 Å². The highest BCUT2D eigenvalue weighted by Gasteiger charge is 2.50. The van der Waals surface area contributed by atoms with Gasteiger partial charge in [0.15, 0.2) is 0 Å². The maximum absolute atomic E-state index is 6.55. The third-order valence-corrected chi connectivity index (χ3v) is 7.06. The first-order valence-corrected chi connectivity index (χ1v) is 12.4. The van der Waals surface area contributed by atoms with Crippen LogP contribution in [0.15, 0.2) is 71.2 Å². The van der Waals surface area contributed by atoms with E-state index >= 15 is 0 Å². The summed E-state index contributed by atoms with van der Waals surface area (Å²) >= 11 is 3.63. The van der Waals surface area contributed by atoms with Crippen molar-refractivity contribution in [2.75, 3.05) is 27.9 Å². The highest BCUT2D eigenvalue weighted by atomic mass is 79.9. The zero-order valence-electron chi connectivity index (χ0n) is 20.3. The summed E-state index contributed by atoms with van der Waals surface area (Å²) in [4.78, 5) is 0. The number of methoxy groups -OCH3 is 3. The minimum Gasteiger partial charge on any atom is -0.496 e. The van der Waals surface area contributed by atoms with Gasteiger partial charge in [0.25, 0.3) is 0 Å². The molecule has 5 nitrogen and oxygen atoms in total. The molecule has 180 valence electrons. The molecular formula is C29H28BrNO4. The molecule has 1 aliphatic heterocycles. The van der Waals surface area contributed by atoms with E-state index < -0.39 is 5.54 Å². The van der Waals surface area contributed by atoms with E-state index in [0.29, 0.717) is 11.5 Å². The molecule has 0 fully saturated rings. The average Bonchev–Trinajstić information content (AvgIpc) is 2.89. The molecule has 4 aromatic carbocycles. The van der Waals surface area contributed by atoms with Gasteiger partial charge in [-0.1, -0.05) is 47.1 Å². The van der Waals surface area contributed by atoms with Crippen molar-refractivity contribution < 1.29 is 18.9 Å². The molecule has 0 aromatic heterocycles. The number of ether oxygens (including phenoxy) is 4. The summed E-state index contributed by atoms with van der Waals surface area (Å²) in [6.07, 6.45) is 0.927. The van der Waals surface area contributed by atoms with Gasteiger partial charge in [-0.25, -0.2) is 0 Å². The fourth-order valence-corrected chi connectivity index (χ4v) is 5.56. The second kappa shape index (κ2) is 9.44. The third kappa shape index (κ3) is 3.63. The lowest BCUT2D eigenvalue weighted by atomic mass is 9.72. The molecule has 1 heterocycles. The van der Waals surface area contributed by atoms with Gasteiger partial charge in [0.05, 0.1) is 32.5 Å². The number of nitrogens with one attached hydrogen (secondary N) is 1. The van der Waals surface area contributed by atoms with Gasteiger partial charge >= 0.3 is 0 Å². The molecule has 1 aliphatic rings. The predicted molar refractivity (Wildman–Crippen MR) is 142 cm³/mol. The molecule has 4 aromatic rings. The number of hydrogen-bond donors (Lipinski definition) is 1. The second-order valence-electron chi connectivity index (χ2n) is 8.45. The van der Waals surface area contributed by atoms with Gasteiger partial charge in [0.1, 0.15) is 34.3 Å². The molecule has 5 rings (SSSR count). The molecule has 0 unspecified atom stereocenters. The number of fused-ring (bicyclic) bond motifs is 4. The highest BCUT2D eigenvalue weighted by Crippen LogP contribution is 2.58. The fourth-order valence-electron chi connectivity index (χ4n) is 5.18. The van der Waals surface area contributed by atoms with Crippen LogP contribution in [0.2, 0.25) is 0 Å². The van der Waals surface area contributed by atoms with Crippen LogP contribution in [0, 0.1) is 0 Å². The lowest BCUT2D eigenvalue weighted by molar-refractivity contribution is 0.323. The molecule has 1 N–H and O–H groups in total. The summed E-state index contributed by atoms with van der Waals surface area (Å²) in [6, 6.07) is 22.2. The molecule has 0 amide bonds. The molecule has 0 saturated heterocycles. The van der Waals surface area contributed by atoms with E-state index in [2.05, 4.69) is 52.4 Å². The van der Waals surface area contributed by atoms with Crippen LogP contribution in [-0.2, 0) is 5.54 Å². The van der Waals surface area contributed by atoms with Gasteiger partial charge in [0.2, 0.25) is 0 Å². The Morgan fingerprint density at radius 3 is 2.06 bits per heavy atom. The van der Waals surface area contributed by atoms with Gasteiger partial charge in [-0.15, -0.1) is 0 Å². The molecule has 1 atom stereocenters. The van der Waals surface area contributed by atoms with Crippen molar-refractivity contribution in [2.45, 2.75) is 18.9 Å². The minimum absolute atomic E-state index is 0.715. The Morgan fingerprint density at radius 1 is 0.771 bits per heavy atom. The molecule has 6 heteroatoms. The van der Waals surface area contributed by atoms with Crippen molar-refractivity contribution in [3.8, 4) is 28.7 Å². The Kier molecular flexibility index (Phi) is 6.34. The van der Waals surface area contributed by atoms with Gasteiger partial charge in [-0.05, 0) is 66.2 Å². The van der Waals surface area contributed by atoms with Gasteiger partial charge in [-0.2, -0.15) is 0 Å². The van der Waals surface area contributed by atoms with Crippen molar-refractivity contribution in [3.05, 3.63) is 87.9 Å². The summed E-state index contributed by atoms with van der Waals surface area (Å²) in [5, 5.41) is 6.08. The maximum Gasteiger partial charge on any atom is 0.136 e. The zero-order valence-corrected chi connectivity index (χ0v) is 21.9. The SMILES string of the molecule is CCCN[C@@]1(c2c(OC)cccc2OC)c2c(OC)cccc2Oc2ccc3cc(Br)ccc3c21. The standard InChI is InChI=1S/C29H28BrNO4/c1-5-16-31-29(27-21(32-2)8-6-9-22(27)33-3)26-20-14-13-19(30)17-18(20)12-15-25(26)35-24-11-7-10-23(34-4)28(24)29/h6-15,17,31H,5,16H2,1-4H3/t29-/m0/s1. The van der Waals surface area contributed by atoms with E-state index in [4.69, 9.17) is 18.9 Å². The Balaban J connectivity index is 2.03. The van der Waals surface area contributed by atoms with Crippen LogP contribution in [0.4, 0.5) is 0 Å². The average molecular weight is 534 g/mol. The summed E-state index contributed by atoms with van der Waals surface area (Å²) in [5.74, 6) is 3.65. The van der Waals surface area contributed by atoms with E-state index in [-0.39, 0.29) is 0 Å². The molecule has 35 heavy (non-hydrogen) atoms. The zero-order chi connectivity index (χ0) is 24.6. The molecule has 0 spiro atoms. The van der Waals surface area contributed by atoms with Crippen LogP contribution >= 0.6 is 15.9 Å². The normalized spacial score (nSPS) is 16.3. The summed E-state index contributed by atoms with van der Waals surface area (Å²) in [7, 11) is 5.07. The van der Waals surface area contributed by atoms with Crippen LogP contribution in [-0.4, -0.2) is 27.9 Å². The molecular weight excluding hydrogens is 506 g/mol. The van der Waals surface area contributed by atoms with Crippen LogP contribution in [0.25, 0.3) is 10.8 Å². The lowest BCUT2D eigenvalue weighted by Gasteiger charge is -2.43. The van der Waals surface area contributed by atoms with E-state index in [0.717, 1.165) is 62.1 Å². The number of hydrogen-bond acceptors (Lipinski definition) is 5. The topological polar surface area (TPSA) is 49.0 Å². The third-order valence-electron chi connectivity index (χ3n) is 6.56. The Hall–Kier alpha value is -3.22. The molecule has 0 saturated carbocycles. The van der Waals surface area contributed by atoms with Crippen molar-refractivity contribution in [1.82, 2.24) is 5.32 Å². The molecule has 0 aliphatic carbocycles. The Bertz CT molecular complexity index is 1380. The first kappa shape index (κ1) is 23.5. The fraction of sp³-hybridized carbons (Fsp3) is 0.241. The van der Waals surface area contributed by atoms with Gasteiger partial charge in [0, 0.05) is 10.0 Å². The van der Waals surface area contributed by atoms with Crippen LogP contribution in [0.5, 0.6) is 28.7 Å². The van der Waals surface area contributed by atoms with E-state index in [1.54, 1.807) is 21.3 Å². The van der Waals surface area contributed by atoms with Crippen molar-refractivity contribution in [1.29, 1.82) is 0 Å². The Morgan fingerprint density at radius 2 is 1.40 bits per heavy atom. The predicted octanol–water partition coefficient (Wildman–Crippen LogP) is 7.03. The molecule has 0 radical (unpaired) electrons. The summed E-state index contributed by atoms with van der Waals surface area (Å²) in [5.41, 5.74) is 1.89. The van der Waals surface area contributed by atoms with Crippen molar-refractivity contribution in [3.63, 3.8) is 0 Å². The summed E-state index contributed by atoms with van der Waals surface area (Å²) < 4.78 is 25.5. The second-order valence-corrected chi connectivity index (χ2v) is 9.37. The van der Waals surface area contributed by atoms with Gasteiger partial charge in [-0.3, -0.25) is 5.32 Å². The highest BCUT2D eigenvalue weighted by molar-refractivity contribution is 9.10. The van der Waals surface area contributed by atoms with E-state index in [1.165, 1.54) is 0 Å².